The summed E-state index contributed by atoms with van der Waals surface area (Å²) in [6.07, 6.45) is 2.73. The maximum atomic E-state index is 12.5. The molecule has 3 nitrogen and oxygen atoms in total. The first kappa shape index (κ1) is 16.5. The Morgan fingerprint density at radius 3 is 2.86 bits per heavy atom. The van der Waals surface area contributed by atoms with Gasteiger partial charge in [0.25, 0.3) is 0 Å². The van der Waals surface area contributed by atoms with Gasteiger partial charge in [-0.2, -0.15) is 0 Å². The number of rotatable bonds is 4. The fourth-order valence-electron chi connectivity index (χ4n) is 2.81. The van der Waals surface area contributed by atoms with E-state index in [1.807, 2.05) is 17.0 Å². The van der Waals surface area contributed by atoms with Gasteiger partial charge in [-0.05, 0) is 51.3 Å². The van der Waals surface area contributed by atoms with Gasteiger partial charge in [0.2, 0.25) is 5.91 Å². The minimum Gasteiger partial charge on any atom is -0.336 e. The van der Waals surface area contributed by atoms with Gasteiger partial charge in [0.05, 0.1) is 6.04 Å². The summed E-state index contributed by atoms with van der Waals surface area (Å²) in [4.78, 5) is 14.5. The zero-order valence-corrected chi connectivity index (χ0v) is 14.7. The second kappa shape index (κ2) is 6.93. The Morgan fingerprint density at radius 1 is 1.43 bits per heavy atom. The summed E-state index contributed by atoms with van der Waals surface area (Å²) < 4.78 is 1.08. The van der Waals surface area contributed by atoms with Crippen LogP contribution in [-0.4, -0.2) is 29.4 Å². The van der Waals surface area contributed by atoms with E-state index < -0.39 is 0 Å². The maximum absolute atomic E-state index is 12.5. The Hall–Kier alpha value is -0.870. The van der Waals surface area contributed by atoms with Gasteiger partial charge >= 0.3 is 0 Å². The van der Waals surface area contributed by atoms with Crippen molar-refractivity contribution in [3.63, 3.8) is 0 Å². The number of carbonyl (C=O) groups excluding carboxylic acids is 1. The number of nitrogens with zero attached hydrogens (tertiary/aromatic N) is 1. The lowest BCUT2D eigenvalue weighted by molar-refractivity contribution is -0.132. The van der Waals surface area contributed by atoms with E-state index in [4.69, 9.17) is 0 Å². The lowest BCUT2D eigenvalue weighted by Crippen LogP contribution is -2.39. The van der Waals surface area contributed by atoms with Crippen molar-refractivity contribution in [3.05, 3.63) is 34.3 Å². The molecule has 1 amide bonds. The Labute approximate surface area is 136 Å². The predicted octanol–water partition coefficient (Wildman–Crippen LogP) is 3.89. The molecule has 1 atom stereocenters. The van der Waals surface area contributed by atoms with Crippen molar-refractivity contribution in [2.45, 2.75) is 51.6 Å². The molecule has 0 spiro atoms. The number of hydrogen-bond donors (Lipinski definition) is 1. The minimum atomic E-state index is 0.0645. The molecule has 0 bridgehead atoms. The van der Waals surface area contributed by atoms with Crippen LogP contribution < -0.4 is 5.32 Å². The fourth-order valence-corrected chi connectivity index (χ4v) is 3.23. The van der Waals surface area contributed by atoms with Crippen LogP contribution in [0.2, 0.25) is 0 Å². The molecule has 1 fully saturated rings. The number of carbonyl (C=O) groups is 1. The second-order valence-corrected chi connectivity index (χ2v) is 7.64. The van der Waals surface area contributed by atoms with Crippen LogP contribution in [-0.2, 0) is 4.79 Å². The first-order valence-electron chi connectivity index (χ1n) is 7.67. The molecule has 0 aliphatic carbocycles. The van der Waals surface area contributed by atoms with Gasteiger partial charge in [-0.1, -0.05) is 28.1 Å². The Kier molecular flexibility index (Phi) is 5.44. The van der Waals surface area contributed by atoms with Gasteiger partial charge in [-0.25, -0.2) is 0 Å². The van der Waals surface area contributed by atoms with Crippen molar-refractivity contribution in [2.24, 2.45) is 0 Å². The van der Waals surface area contributed by atoms with Crippen LogP contribution in [0.3, 0.4) is 0 Å². The van der Waals surface area contributed by atoms with Gasteiger partial charge in [-0.3, -0.25) is 4.79 Å². The van der Waals surface area contributed by atoms with Crippen molar-refractivity contribution in [1.82, 2.24) is 10.2 Å². The van der Waals surface area contributed by atoms with Crippen LogP contribution in [0.5, 0.6) is 0 Å². The molecule has 0 radical (unpaired) electrons. The second-order valence-electron chi connectivity index (χ2n) is 6.73. The highest BCUT2D eigenvalue weighted by Crippen LogP contribution is 2.33. The van der Waals surface area contributed by atoms with Crippen LogP contribution in [0.25, 0.3) is 0 Å². The summed E-state index contributed by atoms with van der Waals surface area (Å²) in [7, 11) is 0. The number of halogens is 1. The molecule has 1 aliphatic rings. The lowest BCUT2D eigenvalue weighted by Gasteiger charge is -2.26. The summed E-state index contributed by atoms with van der Waals surface area (Å²) in [5.74, 6) is 0.259. The SMILES string of the molecule is CC(C)(C)NCCC(=O)N1CCCC1c1cccc(Br)c1. The van der Waals surface area contributed by atoms with E-state index in [1.54, 1.807) is 0 Å². The molecular formula is C17H25BrN2O. The Balaban J connectivity index is 1.97. The molecular weight excluding hydrogens is 328 g/mol. The van der Waals surface area contributed by atoms with E-state index in [0.717, 1.165) is 30.4 Å². The molecule has 21 heavy (non-hydrogen) atoms. The monoisotopic (exact) mass is 352 g/mol. The zero-order valence-electron chi connectivity index (χ0n) is 13.2. The number of amides is 1. The maximum Gasteiger partial charge on any atom is 0.224 e. The van der Waals surface area contributed by atoms with Gasteiger partial charge in [-0.15, -0.1) is 0 Å². The molecule has 0 saturated carbocycles. The molecule has 1 heterocycles. The zero-order chi connectivity index (χ0) is 15.5. The average molecular weight is 353 g/mol. The van der Waals surface area contributed by atoms with Gasteiger partial charge in [0, 0.05) is 29.5 Å². The predicted molar refractivity (Wildman–Crippen MR) is 90.2 cm³/mol. The smallest absolute Gasteiger partial charge is 0.224 e. The van der Waals surface area contributed by atoms with Crippen molar-refractivity contribution in [3.8, 4) is 0 Å². The van der Waals surface area contributed by atoms with Crippen LogP contribution in [0.15, 0.2) is 28.7 Å². The Bertz CT molecular complexity index is 496. The molecule has 2 rings (SSSR count). The van der Waals surface area contributed by atoms with Crippen molar-refractivity contribution in [1.29, 1.82) is 0 Å². The highest BCUT2D eigenvalue weighted by atomic mass is 79.9. The van der Waals surface area contributed by atoms with Crippen LogP contribution in [0, 0.1) is 0 Å². The van der Waals surface area contributed by atoms with Gasteiger partial charge < -0.3 is 10.2 Å². The topological polar surface area (TPSA) is 32.3 Å². The third kappa shape index (κ3) is 4.82. The summed E-state index contributed by atoms with van der Waals surface area (Å²) in [6, 6.07) is 8.56. The summed E-state index contributed by atoms with van der Waals surface area (Å²) in [5, 5.41) is 3.38. The number of hydrogen-bond acceptors (Lipinski definition) is 2. The van der Waals surface area contributed by atoms with E-state index in [-0.39, 0.29) is 17.5 Å². The minimum absolute atomic E-state index is 0.0645. The molecule has 1 aromatic carbocycles. The molecule has 116 valence electrons. The molecule has 1 saturated heterocycles. The van der Waals surface area contributed by atoms with Crippen LogP contribution >= 0.6 is 15.9 Å². The first-order chi connectivity index (χ1) is 9.87. The largest absolute Gasteiger partial charge is 0.336 e. The van der Waals surface area contributed by atoms with Crippen molar-refractivity contribution >= 4 is 21.8 Å². The third-order valence-electron chi connectivity index (χ3n) is 3.80. The van der Waals surface area contributed by atoms with Crippen LogP contribution in [0.4, 0.5) is 0 Å². The summed E-state index contributed by atoms with van der Waals surface area (Å²) in [5.41, 5.74) is 1.30. The van der Waals surface area contributed by atoms with E-state index in [1.165, 1.54) is 5.56 Å². The quantitative estimate of drug-likeness (QED) is 0.891. The van der Waals surface area contributed by atoms with E-state index in [0.29, 0.717) is 6.42 Å². The highest BCUT2D eigenvalue weighted by Gasteiger charge is 2.29. The fraction of sp³-hybridized carbons (Fsp3) is 0.588. The van der Waals surface area contributed by atoms with Crippen molar-refractivity contribution < 1.29 is 4.79 Å². The van der Waals surface area contributed by atoms with Crippen LogP contribution in [0.1, 0.15) is 51.6 Å². The molecule has 4 heteroatoms. The molecule has 0 aromatic heterocycles. The third-order valence-corrected chi connectivity index (χ3v) is 4.29. The molecule has 1 unspecified atom stereocenters. The molecule has 1 aromatic rings. The van der Waals surface area contributed by atoms with Gasteiger partial charge in [0.1, 0.15) is 0 Å². The summed E-state index contributed by atoms with van der Waals surface area (Å²) >= 11 is 3.52. The van der Waals surface area contributed by atoms with Gasteiger partial charge in [0.15, 0.2) is 0 Å². The normalized spacial score (nSPS) is 19.0. The highest BCUT2D eigenvalue weighted by molar-refractivity contribution is 9.10. The first-order valence-corrected chi connectivity index (χ1v) is 8.46. The van der Waals surface area contributed by atoms with E-state index >= 15 is 0 Å². The summed E-state index contributed by atoms with van der Waals surface area (Å²) in [6.45, 7) is 7.99. The Morgan fingerprint density at radius 2 is 2.19 bits per heavy atom. The standard InChI is InChI=1S/C17H25BrN2O/c1-17(2,3)19-10-9-16(21)20-11-5-8-15(20)13-6-4-7-14(18)12-13/h4,6-7,12,15,19H,5,8-11H2,1-3H3. The average Bonchev–Trinajstić information content (AvgIpc) is 2.86. The van der Waals surface area contributed by atoms with E-state index in [9.17, 15) is 4.79 Å². The number of nitrogens with one attached hydrogen (secondary N) is 1. The lowest BCUT2D eigenvalue weighted by atomic mass is 10.0. The molecule has 1 aliphatic heterocycles. The molecule has 1 N–H and O–H groups in total. The van der Waals surface area contributed by atoms with Crippen molar-refractivity contribution in [2.75, 3.05) is 13.1 Å². The number of benzene rings is 1. The number of likely N-dealkylation sites (tertiary alicyclic amines) is 1. The van der Waals surface area contributed by atoms with E-state index in [2.05, 4.69) is 54.2 Å².